The molecule has 0 saturated carbocycles. The van der Waals surface area contributed by atoms with Crippen LogP contribution in [0.25, 0.3) is 0 Å². The van der Waals surface area contributed by atoms with Crippen LogP contribution in [0.4, 0.5) is 0 Å². The number of ether oxygens (including phenoxy) is 2. The van der Waals surface area contributed by atoms with Crippen molar-refractivity contribution in [2.45, 2.75) is 221 Å². The standard InChI is InChI=1S/C46H93NO4.C2H6S/c1-7-8-9-10-11-12-13-14-15-16-17-18-21-33-46(50-40-23-20-19-22-35-47(36-38-48)37-39-49)51-41-34-45(6)32-26-31-44(5)30-25-29-43(4)28-24-27-42(2)3;1-3-2/h34,42-44,46,48-49H,7-33,35-41H2,1-6H3;1-2H3/b45-34+;. The van der Waals surface area contributed by atoms with E-state index in [4.69, 9.17) is 9.47 Å². The van der Waals surface area contributed by atoms with Crippen LogP contribution in [0.3, 0.4) is 0 Å². The van der Waals surface area contributed by atoms with Crippen molar-refractivity contribution in [3.05, 3.63) is 11.6 Å². The van der Waals surface area contributed by atoms with Crippen LogP contribution < -0.4 is 0 Å². The van der Waals surface area contributed by atoms with E-state index < -0.39 is 0 Å². The average molecular weight is 786 g/mol. The smallest absolute Gasteiger partial charge is 0.157 e. The fourth-order valence-corrected chi connectivity index (χ4v) is 7.27. The number of thioether (sulfide) groups is 1. The molecule has 0 aromatic rings. The molecular weight excluding hydrogens is 687 g/mol. The van der Waals surface area contributed by atoms with Gasteiger partial charge >= 0.3 is 0 Å². The first-order chi connectivity index (χ1) is 26.2. The summed E-state index contributed by atoms with van der Waals surface area (Å²) in [4.78, 5) is 2.14. The second-order valence-electron chi connectivity index (χ2n) is 17.2. The molecule has 3 unspecified atom stereocenters. The maximum atomic E-state index is 9.22. The average Bonchev–Trinajstić information content (AvgIpc) is 3.13. The summed E-state index contributed by atoms with van der Waals surface area (Å²) in [5, 5.41) is 18.4. The highest BCUT2D eigenvalue weighted by atomic mass is 32.2. The van der Waals surface area contributed by atoms with E-state index >= 15 is 0 Å². The Labute approximate surface area is 344 Å². The van der Waals surface area contributed by atoms with Crippen LogP contribution in [0, 0.1) is 17.8 Å². The molecule has 6 heteroatoms. The first kappa shape index (κ1) is 56.0. The van der Waals surface area contributed by atoms with Gasteiger partial charge in [-0.1, -0.05) is 181 Å². The highest BCUT2D eigenvalue weighted by molar-refractivity contribution is 7.97. The summed E-state index contributed by atoms with van der Waals surface area (Å²) < 4.78 is 12.6. The molecule has 0 spiro atoms. The third-order valence-corrected chi connectivity index (χ3v) is 10.9. The normalized spacial score (nSPS) is 13.7. The van der Waals surface area contributed by atoms with Crippen LogP contribution in [-0.2, 0) is 9.47 Å². The van der Waals surface area contributed by atoms with Crippen LogP contribution in [0.15, 0.2) is 11.6 Å². The maximum Gasteiger partial charge on any atom is 0.157 e. The first-order valence-corrected chi connectivity index (χ1v) is 25.1. The molecular formula is C48H99NO4S. The van der Waals surface area contributed by atoms with E-state index in [-0.39, 0.29) is 19.5 Å². The molecule has 2 N–H and O–H groups in total. The quantitative estimate of drug-likeness (QED) is 0.0366. The summed E-state index contributed by atoms with van der Waals surface area (Å²) in [6.07, 6.45) is 41.7. The van der Waals surface area contributed by atoms with Crippen LogP contribution in [-0.4, -0.2) is 80.0 Å². The second-order valence-corrected chi connectivity index (χ2v) is 18.0. The topological polar surface area (TPSA) is 62.2 Å². The number of unbranched alkanes of at least 4 members (excludes halogenated alkanes) is 15. The molecule has 0 saturated heterocycles. The minimum absolute atomic E-state index is 0.0980. The number of nitrogens with zero attached hydrogens (tertiary/aromatic N) is 1. The summed E-state index contributed by atoms with van der Waals surface area (Å²) in [6, 6.07) is 0. The summed E-state index contributed by atoms with van der Waals surface area (Å²) in [6.45, 7) is 18.1. The van der Waals surface area contributed by atoms with Gasteiger partial charge in [-0.15, -0.1) is 0 Å². The zero-order valence-corrected chi connectivity index (χ0v) is 38.8. The number of hydrogen-bond donors (Lipinski definition) is 2. The summed E-state index contributed by atoms with van der Waals surface area (Å²) in [5.41, 5.74) is 1.46. The van der Waals surface area contributed by atoms with Gasteiger partial charge < -0.3 is 19.7 Å². The van der Waals surface area contributed by atoms with Gasteiger partial charge in [-0.3, -0.25) is 4.90 Å². The van der Waals surface area contributed by atoms with Crippen molar-refractivity contribution in [2.75, 3.05) is 58.6 Å². The predicted octanol–water partition coefficient (Wildman–Crippen LogP) is 14.0. The number of allylic oxidation sites excluding steroid dienone is 1. The van der Waals surface area contributed by atoms with Crippen molar-refractivity contribution in [2.24, 2.45) is 17.8 Å². The highest BCUT2D eigenvalue weighted by Crippen LogP contribution is 2.22. The third kappa shape index (κ3) is 44.6. The van der Waals surface area contributed by atoms with Crippen molar-refractivity contribution < 1.29 is 19.7 Å². The van der Waals surface area contributed by atoms with Gasteiger partial charge in [-0.2, -0.15) is 11.8 Å². The molecule has 326 valence electrons. The van der Waals surface area contributed by atoms with Crippen molar-refractivity contribution in [1.29, 1.82) is 0 Å². The Kier molecular flexibility index (Phi) is 47.3. The molecule has 0 aromatic carbocycles. The van der Waals surface area contributed by atoms with Crippen LogP contribution >= 0.6 is 11.8 Å². The summed E-state index contributed by atoms with van der Waals surface area (Å²) in [7, 11) is 0. The zero-order chi connectivity index (χ0) is 40.3. The first-order valence-electron chi connectivity index (χ1n) is 23.5. The van der Waals surface area contributed by atoms with Gasteiger partial charge in [-0.05, 0) is 82.3 Å². The summed E-state index contributed by atoms with van der Waals surface area (Å²) >= 11 is 1.75. The van der Waals surface area contributed by atoms with E-state index in [1.54, 1.807) is 11.8 Å². The predicted molar refractivity (Wildman–Crippen MR) is 243 cm³/mol. The van der Waals surface area contributed by atoms with Crippen molar-refractivity contribution in [3.63, 3.8) is 0 Å². The largest absolute Gasteiger partial charge is 0.395 e. The molecule has 0 fully saturated rings. The molecule has 0 aliphatic carbocycles. The van der Waals surface area contributed by atoms with E-state index in [9.17, 15) is 10.2 Å². The number of aliphatic hydroxyl groups excluding tert-OH is 2. The lowest BCUT2D eigenvalue weighted by Gasteiger charge is -2.20. The molecule has 0 aromatic heterocycles. The number of rotatable bonds is 41. The fraction of sp³-hybridized carbons (Fsp3) is 0.958. The second kappa shape index (κ2) is 45.6. The Morgan fingerprint density at radius 3 is 1.54 bits per heavy atom. The number of aliphatic hydroxyl groups is 2. The van der Waals surface area contributed by atoms with Gasteiger partial charge in [0.1, 0.15) is 0 Å². The lowest BCUT2D eigenvalue weighted by molar-refractivity contribution is -0.140. The molecule has 0 bridgehead atoms. The Hall–Kier alpha value is -0.110. The molecule has 0 aliphatic heterocycles. The molecule has 0 aliphatic rings. The van der Waals surface area contributed by atoms with Crippen molar-refractivity contribution >= 4 is 11.8 Å². The van der Waals surface area contributed by atoms with E-state index in [0.717, 1.165) is 63.0 Å². The van der Waals surface area contributed by atoms with Gasteiger partial charge in [0, 0.05) is 19.7 Å². The van der Waals surface area contributed by atoms with E-state index in [2.05, 4.69) is 52.5 Å². The Balaban J connectivity index is 0. The van der Waals surface area contributed by atoms with Crippen molar-refractivity contribution in [1.82, 2.24) is 4.90 Å². The molecule has 54 heavy (non-hydrogen) atoms. The van der Waals surface area contributed by atoms with Crippen LogP contribution in [0.5, 0.6) is 0 Å². The van der Waals surface area contributed by atoms with Gasteiger partial charge in [0.15, 0.2) is 6.29 Å². The van der Waals surface area contributed by atoms with Gasteiger partial charge in [0.05, 0.1) is 19.8 Å². The van der Waals surface area contributed by atoms with E-state index in [1.165, 1.54) is 147 Å². The zero-order valence-electron chi connectivity index (χ0n) is 38.0. The molecule has 0 radical (unpaired) electrons. The molecule has 0 rings (SSSR count). The Bertz CT molecular complexity index is 730. The lowest BCUT2D eigenvalue weighted by Crippen LogP contribution is -2.30. The van der Waals surface area contributed by atoms with Gasteiger partial charge in [-0.25, -0.2) is 0 Å². The monoisotopic (exact) mass is 786 g/mol. The fourth-order valence-electron chi connectivity index (χ4n) is 7.27. The maximum absolute atomic E-state index is 9.22. The number of hydrogen-bond acceptors (Lipinski definition) is 6. The van der Waals surface area contributed by atoms with E-state index in [0.29, 0.717) is 19.7 Å². The Morgan fingerprint density at radius 2 is 1.02 bits per heavy atom. The lowest BCUT2D eigenvalue weighted by atomic mass is 9.91. The molecule has 5 nitrogen and oxygen atoms in total. The minimum Gasteiger partial charge on any atom is -0.395 e. The minimum atomic E-state index is -0.0980. The highest BCUT2D eigenvalue weighted by Gasteiger charge is 2.10. The van der Waals surface area contributed by atoms with Crippen LogP contribution in [0.2, 0.25) is 0 Å². The van der Waals surface area contributed by atoms with Crippen LogP contribution in [0.1, 0.15) is 215 Å². The van der Waals surface area contributed by atoms with Gasteiger partial charge in [0.25, 0.3) is 0 Å². The third-order valence-electron chi connectivity index (χ3n) is 10.9. The molecule has 0 amide bonds. The summed E-state index contributed by atoms with van der Waals surface area (Å²) in [5.74, 6) is 2.56. The molecule has 3 atom stereocenters. The van der Waals surface area contributed by atoms with Gasteiger partial charge in [0.2, 0.25) is 0 Å². The Morgan fingerprint density at radius 1 is 0.556 bits per heavy atom. The van der Waals surface area contributed by atoms with Crippen molar-refractivity contribution in [3.8, 4) is 0 Å². The van der Waals surface area contributed by atoms with E-state index in [1.807, 2.05) is 12.5 Å². The SMILES string of the molecule is CCCCCCCCCCCCCCCC(OC/C=C(\C)CCCC(C)CCCC(C)CCCC(C)C)OCCCCCCN(CCO)CCO.CSC. The molecule has 0 heterocycles.